The molecule has 0 aromatic heterocycles. The van der Waals surface area contributed by atoms with E-state index in [1.54, 1.807) is 0 Å². The molecule has 3 heteroatoms. The van der Waals surface area contributed by atoms with Crippen LogP contribution in [0, 0.1) is 0 Å². The zero-order valence-electron chi connectivity index (χ0n) is 4.14. The summed E-state index contributed by atoms with van der Waals surface area (Å²) < 4.78 is 2.85. The predicted molar refractivity (Wildman–Crippen MR) is 52.3 cm³/mol. The van der Waals surface area contributed by atoms with Crippen molar-refractivity contribution in [3.8, 4) is 0 Å². The van der Waals surface area contributed by atoms with Crippen LogP contribution in [0.25, 0.3) is 0 Å². The van der Waals surface area contributed by atoms with E-state index < -0.39 is 0 Å². The molecule has 8 heavy (non-hydrogen) atoms. The van der Waals surface area contributed by atoms with Crippen molar-refractivity contribution in [3.05, 3.63) is 19.8 Å². The Morgan fingerprint density at radius 3 is 2.62 bits per heavy atom. The van der Waals surface area contributed by atoms with E-state index >= 15 is 0 Å². The highest BCUT2D eigenvalue weighted by atomic mass is 127. The molecule has 0 amide bonds. The van der Waals surface area contributed by atoms with Gasteiger partial charge in [-0.3, -0.25) is 0 Å². The van der Waals surface area contributed by atoms with Gasteiger partial charge in [-0.15, -0.1) is 0 Å². The van der Waals surface area contributed by atoms with Crippen molar-refractivity contribution in [1.29, 1.82) is 0 Å². The van der Waals surface area contributed by atoms with Crippen molar-refractivity contribution in [1.82, 2.24) is 0 Å². The summed E-state index contributed by atoms with van der Waals surface area (Å²) in [6.45, 7) is 0.140. The Bertz CT molecular complexity index is 107. The third kappa shape index (κ3) is 5.04. The van der Waals surface area contributed by atoms with Crippen LogP contribution in [0.15, 0.2) is 19.8 Å². The van der Waals surface area contributed by atoms with Gasteiger partial charge in [0, 0.05) is 3.58 Å². The molecule has 0 spiro atoms. The molecule has 46 valence electrons. The molecule has 0 radical (unpaired) electrons. The number of hydrogen-bond acceptors (Lipinski definition) is 1. The molecule has 0 bridgehead atoms. The van der Waals surface area contributed by atoms with Gasteiger partial charge >= 0.3 is 0 Å². The monoisotopic (exact) mass is 336 g/mol. The summed E-state index contributed by atoms with van der Waals surface area (Å²) >= 11 is 4.21. The summed E-state index contributed by atoms with van der Waals surface area (Å²) in [5.74, 6) is 0. The topological polar surface area (TPSA) is 20.2 Å². The van der Waals surface area contributed by atoms with Crippen LogP contribution in [0.5, 0.6) is 0 Å². The normalized spacial score (nSPS) is 13.1. The van der Waals surface area contributed by atoms with Crippen LogP contribution in [0.2, 0.25) is 0 Å². The predicted octanol–water partition coefficient (Wildman–Crippen LogP) is 2.25. The maximum Gasteiger partial charge on any atom is 0.0738 e. The van der Waals surface area contributed by atoms with E-state index in [1.165, 1.54) is 0 Å². The van der Waals surface area contributed by atoms with Gasteiger partial charge in [0.2, 0.25) is 0 Å². The zero-order chi connectivity index (χ0) is 6.41. The molecule has 0 aromatic rings. The van der Waals surface area contributed by atoms with Crippen LogP contribution in [-0.4, -0.2) is 11.7 Å². The molecular formula is C5H6I2O. The van der Waals surface area contributed by atoms with Crippen molar-refractivity contribution in [2.24, 2.45) is 0 Å². The summed E-state index contributed by atoms with van der Waals surface area (Å²) in [6, 6.07) is 0. The van der Waals surface area contributed by atoms with E-state index in [4.69, 9.17) is 5.11 Å². The van der Waals surface area contributed by atoms with Gasteiger partial charge in [0.15, 0.2) is 0 Å². The standard InChI is InChI=1S/C5H6I2O/c6-3-1-2-5(7)4-8/h1-3,8H,4H2/b3-1+,5-2+. The first kappa shape index (κ1) is 8.90. The number of hydrogen-bond donors (Lipinski definition) is 1. The zero-order valence-corrected chi connectivity index (χ0v) is 8.46. The second-order valence-electron chi connectivity index (χ2n) is 1.09. The van der Waals surface area contributed by atoms with Gasteiger partial charge in [0.25, 0.3) is 0 Å². The van der Waals surface area contributed by atoms with E-state index in [2.05, 4.69) is 45.2 Å². The molecule has 1 nitrogen and oxygen atoms in total. The minimum atomic E-state index is 0.140. The van der Waals surface area contributed by atoms with Gasteiger partial charge in [0.1, 0.15) is 0 Å². The SMILES string of the molecule is OC/C(I)=C\C=C\I. The summed E-state index contributed by atoms with van der Waals surface area (Å²) in [6.07, 6.45) is 3.76. The molecule has 0 unspecified atom stereocenters. The molecule has 0 rings (SSSR count). The van der Waals surface area contributed by atoms with E-state index in [0.29, 0.717) is 0 Å². The Balaban J connectivity index is 3.57. The molecule has 0 saturated carbocycles. The van der Waals surface area contributed by atoms with Crippen LogP contribution >= 0.6 is 45.2 Å². The lowest BCUT2D eigenvalue weighted by Crippen LogP contribution is -1.76. The highest BCUT2D eigenvalue weighted by Crippen LogP contribution is 2.03. The molecule has 0 fully saturated rings. The molecular weight excluding hydrogens is 330 g/mol. The van der Waals surface area contributed by atoms with Gasteiger partial charge in [-0.1, -0.05) is 34.7 Å². The molecule has 0 aliphatic rings. The van der Waals surface area contributed by atoms with E-state index in [0.717, 1.165) is 3.58 Å². The quantitative estimate of drug-likeness (QED) is 0.606. The van der Waals surface area contributed by atoms with Crippen LogP contribution < -0.4 is 0 Å². The second-order valence-corrected chi connectivity index (χ2v) is 3.19. The number of halogens is 2. The fraction of sp³-hybridized carbons (Fsp3) is 0.200. The third-order valence-electron chi connectivity index (χ3n) is 0.501. The van der Waals surface area contributed by atoms with Gasteiger partial charge in [-0.05, 0) is 26.7 Å². The van der Waals surface area contributed by atoms with Crippen LogP contribution in [0.4, 0.5) is 0 Å². The van der Waals surface area contributed by atoms with Gasteiger partial charge < -0.3 is 5.11 Å². The van der Waals surface area contributed by atoms with Crippen LogP contribution in [0.1, 0.15) is 0 Å². The molecule has 0 heterocycles. The lowest BCUT2D eigenvalue weighted by atomic mass is 10.5. The number of allylic oxidation sites excluding steroid dienone is 2. The molecule has 0 aliphatic carbocycles. The third-order valence-corrected chi connectivity index (χ3v) is 1.62. The lowest BCUT2D eigenvalue weighted by Gasteiger charge is -1.83. The summed E-state index contributed by atoms with van der Waals surface area (Å²) in [5, 5.41) is 8.45. The Kier molecular flexibility index (Phi) is 6.70. The first-order chi connectivity index (χ1) is 3.81. The van der Waals surface area contributed by atoms with Crippen molar-refractivity contribution >= 4 is 45.2 Å². The van der Waals surface area contributed by atoms with Crippen LogP contribution in [0.3, 0.4) is 0 Å². The van der Waals surface area contributed by atoms with E-state index in [-0.39, 0.29) is 6.61 Å². The number of aliphatic hydroxyl groups is 1. The smallest absolute Gasteiger partial charge is 0.0738 e. The van der Waals surface area contributed by atoms with Gasteiger partial charge in [0.05, 0.1) is 6.61 Å². The van der Waals surface area contributed by atoms with Gasteiger partial charge in [-0.25, -0.2) is 0 Å². The fourth-order valence-corrected chi connectivity index (χ4v) is 0.609. The van der Waals surface area contributed by atoms with Crippen LogP contribution in [-0.2, 0) is 0 Å². The van der Waals surface area contributed by atoms with Crippen molar-refractivity contribution in [2.45, 2.75) is 0 Å². The first-order valence-corrected chi connectivity index (χ1v) is 4.36. The van der Waals surface area contributed by atoms with Gasteiger partial charge in [-0.2, -0.15) is 0 Å². The average molecular weight is 336 g/mol. The number of aliphatic hydroxyl groups excluding tert-OH is 1. The summed E-state index contributed by atoms with van der Waals surface area (Å²) in [7, 11) is 0. The molecule has 0 atom stereocenters. The fourth-order valence-electron chi connectivity index (χ4n) is 0.193. The van der Waals surface area contributed by atoms with Crippen molar-refractivity contribution in [3.63, 3.8) is 0 Å². The molecule has 0 aliphatic heterocycles. The maximum atomic E-state index is 8.45. The first-order valence-electron chi connectivity index (χ1n) is 2.03. The Morgan fingerprint density at radius 2 is 2.25 bits per heavy atom. The highest BCUT2D eigenvalue weighted by molar-refractivity contribution is 14.1. The maximum absolute atomic E-state index is 8.45. The minimum absolute atomic E-state index is 0.140. The average Bonchev–Trinajstić information content (AvgIpc) is 1.83. The highest BCUT2D eigenvalue weighted by Gasteiger charge is 1.79. The Hall–Kier alpha value is 0.900. The Morgan fingerprint density at radius 1 is 1.62 bits per heavy atom. The molecule has 0 saturated heterocycles. The van der Waals surface area contributed by atoms with E-state index in [1.807, 2.05) is 16.2 Å². The lowest BCUT2D eigenvalue weighted by molar-refractivity contribution is 0.341. The molecule has 0 aromatic carbocycles. The summed E-state index contributed by atoms with van der Waals surface area (Å²) in [5.41, 5.74) is 0. The number of rotatable bonds is 2. The van der Waals surface area contributed by atoms with Crippen molar-refractivity contribution in [2.75, 3.05) is 6.61 Å². The largest absolute Gasteiger partial charge is 0.391 e. The van der Waals surface area contributed by atoms with Crippen molar-refractivity contribution < 1.29 is 5.11 Å². The second kappa shape index (κ2) is 6.03. The minimum Gasteiger partial charge on any atom is -0.391 e. The molecule has 1 N–H and O–H groups in total. The summed E-state index contributed by atoms with van der Waals surface area (Å²) in [4.78, 5) is 0. The van der Waals surface area contributed by atoms with E-state index in [9.17, 15) is 0 Å². The Labute approximate surface area is 76.1 Å².